The Hall–Kier alpha value is -6.28. The Morgan fingerprint density at radius 1 is 0.600 bits per heavy atom. The van der Waals surface area contributed by atoms with Gasteiger partial charge in [0.15, 0.2) is 0 Å². The van der Waals surface area contributed by atoms with Gasteiger partial charge in [-0.3, -0.25) is 9.59 Å². The Morgan fingerprint density at radius 2 is 1.04 bits per heavy atom. The number of carbonyl (C=O) groups is 5. The number of fused-ring (bicyclic) bond motifs is 2. The number of nitrogens with two attached hydrogens (primary N) is 2. The van der Waals surface area contributed by atoms with Gasteiger partial charge in [0.1, 0.15) is 5.76 Å². The molecule has 2 heterocycles. The van der Waals surface area contributed by atoms with Gasteiger partial charge >= 0.3 is 17.9 Å². The fourth-order valence-corrected chi connectivity index (χ4v) is 6.01. The van der Waals surface area contributed by atoms with Crippen molar-refractivity contribution in [1.82, 2.24) is 0 Å². The zero-order valence-electron chi connectivity index (χ0n) is 22.9. The largest absolute Gasteiger partial charge is 0.423 e. The molecule has 6 rings (SSSR count). The number of cyclic esters (lactones) is 3. The van der Waals surface area contributed by atoms with Crippen LogP contribution in [-0.4, -0.2) is 38.1 Å². The first kappa shape index (κ1) is 28.8. The highest BCUT2D eigenvalue weighted by Gasteiger charge is 2.31. The number of ether oxygens (including phenoxy) is 2. The van der Waals surface area contributed by atoms with Gasteiger partial charge in [-0.15, -0.1) is 0 Å². The molecule has 4 aromatic carbocycles. The van der Waals surface area contributed by atoms with E-state index in [0.717, 1.165) is 6.07 Å². The van der Waals surface area contributed by atoms with Crippen LogP contribution in [0.5, 0.6) is 0 Å². The molecule has 0 spiro atoms. The third-order valence-corrected chi connectivity index (χ3v) is 8.84. The van der Waals surface area contributed by atoms with Gasteiger partial charge < -0.3 is 31.6 Å². The van der Waals surface area contributed by atoms with Crippen molar-refractivity contribution in [3.63, 3.8) is 0 Å². The van der Waals surface area contributed by atoms with Crippen LogP contribution in [-0.2, 0) is 19.3 Å². The van der Waals surface area contributed by atoms with Crippen LogP contribution in [0.1, 0.15) is 57.4 Å². The van der Waals surface area contributed by atoms with Crippen molar-refractivity contribution in [3.8, 4) is 0 Å². The van der Waals surface area contributed by atoms with E-state index < -0.39 is 39.6 Å². The van der Waals surface area contributed by atoms with Crippen molar-refractivity contribution in [1.29, 1.82) is 0 Å². The highest BCUT2D eigenvalue weighted by molar-refractivity contribution is 7.91. The van der Waals surface area contributed by atoms with E-state index in [-0.39, 0.29) is 66.1 Å². The molecule has 0 fully saturated rings. The number of nitrogens with one attached hydrogen (secondary N) is 2. The van der Waals surface area contributed by atoms with E-state index in [1.165, 1.54) is 66.7 Å². The Bertz CT molecular complexity index is 2030. The summed E-state index contributed by atoms with van der Waals surface area (Å²) in [6.45, 7) is 3.64. The molecule has 13 nitrogen and oxygen atoms in total. The van der Waals surface area contributed by atoms with Gasteiger partial charge in [0.2, 0.25) is 9.84 Å². The summed E-state index contributed by atoms with van der Waals surface area (Å²) in [5.41, 5.74) is 12.8. The minimum absolute atomic E-state index is 0.00262. The van der Waals surface area contributed by atoms with Crippen molar-refractivity contribution >= 4 is 68.1 Å². The SMILES string of the molecule is C=C1OC(=O)c2cc(C(=O)Nc3cc(S(=O)(=O)c4ccc(N)c(NC(=O)c5ccc6c(c5)C(=O)OC6=O)c4)ccc3N)ccc21. The summed E-state index contributed by atoms with van der Waals surface area (Å²) < 4.78 is 36.7. The molecule has 0 bridgehead atoms. The number of carbonyl (C=O) groups excluding carboxylic acids is 5. The van der Waals surface area contributed by atoms with E-state index in [4.69, 9.17) is 16.2 Å². The van der Waals surface area contributed by atoms with Gasteiger partial charge in [0.05, 0.1) is 49.2 Å². The van der Waals surface area contributed by atoms with Crippen LogP contribution in [0, 0.1) is 0 Å². The Kier molecular flexibility index (Phi) is 6.70. The molecule has 0 saturated carbocycles. The second kappa shape index (κ2) is 10.5. The summed E-state index contributed by atoms with van der Waals surface area (Å²) in [5, 5.41) is 5.08. The van der Waals surface area contributed by atoms with Crippen molar-refractivity contribution in [2.45, 2.75) is 9.79 Å². The smallest absolute Gasteiger partial charge is 0.346 e. The maximum absolute atomic E-state index is 13.6. The fourth-order valence-electron chi connectivity index (χ4n) is 4.69. The van der Waals surface area contributed by atoms with Crippen LogP contribution in [0.2, 0.25) is 0 Å². The van der Waals surface area contributed by atoms with E-state index >= 15 is 0 Å². The number of sulfone groups is 1. The molecule has 0 aliphatic carbocycles. The number of rotatable bonds is 6. The fraction of sp³-hybridized carbons (Fsp3) is 0. The summed E-state index contributed by atoms with van der Waals surface area (Å²) in [5.74, 6) is -3.58. The van der Waals surface area contributed by atoms with Gasteiger partial charge in [-0.2, -0.15) is 0 Å². The molecule has 0 saturated heterocycles. The molecule has 0 unspecified atom stereocenters. The highest BCUT2D eigenvalue weighted by Crippen LogP contribution is 2.32. The van der Waals surface area contributed by atoms with Crippen molar-refractivity contribution in [3.05, 3.63) is 113 Å². The Labute approximate surface area is 254 Å². The lowest BCUT2D eigenvalue weighted by molar-refractivity contribution is 0.0442. The Morgan fingerprint density at radius 3 is 1.58 bits per heavy atom. The molecule has 0 aromatic heterocycles. The summed E-state index contributed by atoms with van der Waals surface area (Å²) in [4.78, 5) is 61.1. The summed E-state index contributed by atoms with van der Waals surface area (Å²) >= 11 is 0. The summed E-state index contributed by atoms with van der Waals surface area (Å²) in [6.07, 6.45) is 0. The van der Waals surface area contributed by atoms with Crippen LogP contribution in [0.15, 0.2) is 89.2 Å². The molecule has 0 radical (unpaired) electrons. The second-order valence-electron chi connectivity index (χ2n) is 9.92. The standard InChI is InChI=1S/C31H20N4O9S/c1-14-19-6-2-15(10-21(19)30(39)43-14)27(36)34-25-12-17(4-8-23(25)32)45(41,42)18-5-9-24(33)26(13-18)35-28(37)16-3-7-20-22(11-16)31(40)44-29(20)38/h2-13H,1,32-33H2,(H,34,36)(H,35,37). The molecule has 2 aliphatic heterocycles. The average molecular weight is 625 g/mol. The Balaban J connectivity index is 1.25. The van der Waals surface area contributed by atoms with Crippen molar-refractivity contribution in [2.75, 3.05) is 22.1 Å². The molecule has 224 valence electrons. The number of hydrogen-bond donors (Lipinski definition) is 4. The van der Waals surface area contributed by atoms with Crippen LogP contribution in [0.3, 0.4) is 0 Å². The van der Waals surface area contributed by atoms with Gasteiger partial charge in [-0.25, -0.2) is 22.8 Å². The number of anilines is 4. The van der Waals surface area contributed by atoms with Crippen molar-refractivity contribution in [2.24, 2.45) is 0 Å². The highest BCUT2D eigenvalue weighted by atomic mass is 32.2. The maximum Gasteiger partial charge on any atom is 0.346 e. The molecule has 4 aromatic rings. The molecule has 2 amide bonds. The third-order valence-electron chi connectivity index (χ3n) is 7.09. The maximum atomic E-state index is 13.6. The van der Waals surface area contributed by atoms with Crippen LogP contribution in [0.4, 0.5) is 22.7 Å². The molecule has 2 aliphatic rings. The van der Waals surface area contributed by atoms with Gasteiger partial charge in [0.25, 0.3) is 11.8 Å². The zero-order chi connectivity index (χ0) is 32.2. The normalized spacial score (nSPS) is 13.5. The molecular formula is C31H20N4O9S. The van der Waals surface area contributed by atoms with Crippen LogP contribution in [0.25, 0.3) is 5.76 Å². The predicted molar refractivity (Wildman–Crippen MR) is 160 cm³/mol. The quantitative estimate of drug-likeness (QED) is 0.138. The lowest BCUT2D eigenvalue weighted by Crippen LogP contribution is -2.15. The number of benzene rings is 4. The third kappa shape index (κ3) is 5.04. The number of hydrogen-bond acceptors (Lipinski definition) is 11. The second-order valence-corrected chi connectivity index (χ2v) is 11.9. The van der Waals surface area contributed by atoms with Gasteiger partial charge in [-0.05, 0) is 72.8 Å². The van der Waals surface area contributed by atoms with Crippen LogP contribution < -0.4 is 22.1 Å². The summed E-state index contributed by atoms with van der Waals surface area (Å²) in [7, 11) is -4.24. The number of amides is 2. The molecule has 0 atom stereocenters. The van der Waals surface area contributed by atoms with Crippen molar-refractivity contribution < 1.29 is 41.9 Å². The van der Waals surface area contributed by atoms with E-state index in [2.05, 4.69) is 21.9 Å². The van der Waals surface area contributed by atoms with Crippen LogP contribution >= 0.6 is 0 Å². The first-order valence-corrected chi connectivity index (χ1v) is 14.4. The predicted octanol–water partition coefficient (Wildman–Crippen LogP) is 3.64. The minimum atomic E-state index is -4.24. The lowest BCUT2D eigenvalue weighted by atomic mass is 10.0. The topological polar surface area (TPSA) is 214 Å². The first-order valence-electron chi connectivity index (χ1n) is 13.0. The molecule has 45 heavy (non-hydrogen) atoms. The summed E-state index contributed by atoms with van der Waals surface area (Å²) in [6, 6.07) is 15.5. The molecular weight excluding hydrogens is 604 g/mol. The monoisotopic (exact) mass is 624 g/mol. The van der Waals surface area contributed by atoms with E-state index in [1.807, 2.05) is 0 Å². The molecule has 6 N–H and O–H groups in total. The number of esters is 3. The molecule has 14 heteroatoms. The number of nitrogen functional groups attached to an aromatic ring is 2. The van der Waals surface area contributed by atoms with E-state index in [0.29, 0.717) is 5.56 Å². The lowest BCUT2D eigenvalue weighted by Gasteiger charge is -2.13. The van der Waals surface area contributed by atoms with Gasteiger partial charge in [-0.1, -0.05) is 6.58 Å². The van der Waals surface area contributed by atoms with Gasteiger partial charge in [0, 0.05) is 16.7 Å². The van der Waals surface area contributed by atoms with E-state index in [1.54, 1.807) is 0 Å². The minimum Gasteiger partial charge on any atom is -0.423 e. The zero-order valence-corrected chi connectivity index (χ0v) is 23.7. The first-order chi connectivity index (χ1) is 21.3. The average Bonchev–Trinajstić information content (AvgIpc) is 3.46. The van der Waals surface area contributed by atoms with E-state index in [9.17, 15) is 32.4 Å².